The maximum Gasteiger partial charge on any atom is 0.354 e. The van der Waals surface area contributed by atoms with Gasteiger partial charge in [-0.05, 0) is 24.1 Å². The SMILES string of the molecule is COCC1=CCN(C(=O)c2ccnc(C(=O)O)c2)CC1. The van der Waals surface area contributed by atoms with Crippen molar-refractivity contribution >= 4 is 11.9 Å². The maximum absolute atomic E-state index is 12.3. The minimum absolute atomic E-state index is 0.122. The summed E-state index contributed by atoms with van der Waals surface area (Å²) in [5, 5.41) is 8.88. The quantitative estimate of drug-likeness (QED) is 0.836. The van der Waals surface area contributed by atoms with Gasteiger partial charge < -0.3 is 14.7 Å². The molecule has 1 aliphatic heterocycles. The Bertz CT molecular complexity index is 554. The van der Waals surface area contributed by atoms with Crippen molar-refractivity contribution in [3.8, 4) is 0 Å². The van der Waals surface area contributed by atoms with E-state index in [0.717, 1.165) is 6.42 Å². The molecule has 0 radical (unpaired) electrons. The zero-order valence-electron chi connectivity index (χ0n) is 11.2. The Labute approximate surface area is 116 Å². The third kappa shape index (κ3) is 3.21. The maximum atomic E-state index is 12.3. The van der Waals surface area contributed by atoms with Gasteiger partial charge in [-0.3, -0.25) is 4.79 Å². The third-order valence-electron chi connectivity index (χ3n) is 3.15. The van der Waals surface area contributed by atoms with Crippen LogP contribution >= 0.6 is 0 Å². The summed E-state index contributed by atoms with van der Waals surface area (Å²) in [4.78, 5) is 28.5. The molecule has 0 aromatic carbocycles. The van der Waals surface area contributed by atoms with Gasteiger partial charge in [0.25, 0.3) is 5.91 Å². The molecule has 0 unspecified atom stereocenters. The van der Waals surface area contributed by atoms with Gasteiger partial charge in [0.1, 0.15) is 5.69 Å². The average molecular weight is 276 g/mol. The fourth-order valence-corrected chi connectivity index (χ4v) is 2.08. The molecule has 0 saturated heterocycles. The number of carbonyl (C=O) groups is 2. The van der Waals surface area contributed by atoms with Gasteiger partial charge in [-0.15, -0.1) is 0 Å². The zero-order chi connectivity index (χ0) is 14.5. The standard InChI is InChI=1S/C14H16N2O4/c1-20-9-10-3-6-16(7-4-10)13(17)11-2-5-15-12(8-11)14(18)19/h2-3,5,8H,4,6-7,9H2,1H3,(H,18,19). The van der Waals surface area contributed by atoms with Crippen molar-refractivity contribution in [1.29, 1.82) is 0 Å². The van der Waals surface area contributed by atoms with Crippen LogP contribution in [0.2, 0.25) is 0 Å². The van der Waals surface area contributed by atoms with E-state index in [1.807, 2.05) is 6.08 Å². The van der Waals surface area contributed by atoms with Gasteiger partial charge in [-0.1, -0.05) is 6.08 Å². The van der Waals surface area contributed by atoms with Crippen LogP contribution < -0.4 is 0 Å². The fraction of sp³-hybridized carbons (Fsp3) is 0.357. The molecule has 6 nitrogen and oxygen atoms in total. The number of ether oxygens (including phenoxy) is 1. The van der Waals surface area contributed by atoms with Gasteiger partial charge in [-0.2, -0.15) is 0 Å². The van der Waals surface area contributed by atoms with Gasteiger partial charge in [-0.25, -0.2) is 9.78 Å². The molecule has 1 aromatic rings. The molecule has 2 rings (SSSR count). The number of rotatable bonds is 4. The molecule has 0 aliphatic carbocycles. The van der Waals surface area contributed by atoms with Crippen LogP contribution in [-0.2, 0) is 4.74 Å². The zero-order valence-corrected chi connectivity index (χ0v) is 11.2. The second-order valence-electron chi connectivity index (χ2n) is 4.53. The molecule has 0 bridgehead atoms. The molecule has 1 amide bonds. The summed E-state index contributed by atoms with van der Waals surface area (Å²) in [7, 11) is 1.64. The number of pyridine rings is 1. The monoisotopic (exact) mass is 276 g/mol. The Morgan fingerprint density at radius 3 is 2.90 bits per heavy atom. The molecular weight excluding hydrogens is 260 g/mol. The van der Waals surface area contributed by atoms with Crippen molar-refractivity contribution < 1.29 is 19.4 Å². The molecule has 0 saturated carbocycles. The predicted molar refractivity (Wildman–Crippen MR) is 71.7 cm³/mol. The highest BCUT2D eigenvalue weighted by atomic mass is 16.5. The summed E-state index contributed by atoms with van der Waals surface area (Å²) in [6.45, 7) is 1.71. The second kappa shape index (κ2) is 6.29. The first-order chi connectivity index (χ1) is 9.61. The molecule has 20 heavy (non-hydrogen) atoms. The largest absolute Gasteiger partial charge is 0.477 e. The number of amides is 1. The Morgan fingerprint density at radius 2 is 2.30 bits per heavy atom. The molecule has 106 valence electrons. The van der Waals surface area contributed by atoms with E-state index < -0.39 is 5.97 Å². The number of hydrogen-bond acceptors (Lipinski definition) is 4. The Hall–Kier alpha value is -2.21. The fourth-order valence-electron chi connectivity index (χ4n) is 2.08. The van der Waals surface area contributed by atoms with Crippen molar-refractivity contribution in [2.45, 2.75) is 6.42 Å². The van der Waals surface area contributed by atoms with Gasteiger partial charge in [0, 0.05) is 32.0 Å². The van der Waals surface area contributed by atoms with Gasteiger partial charge >= 0.3 is 5.97 Å². The minimum atomic E-state index is -1.14. The summed E-state index contributed by atoms with van der Waals surface area (Å²) >= 11 is 0. The molecular formula is C14H16N2O4. The van der Waals surface area contributed by atoms with E-state index in [1.54, 1.807) is 12.0 Å². The Morgan fingerprint density at radius 1 is 1.50 bits per heavy atom. The topological polar surface area (TPSA) is 79.7 Å². The van der Waals surface area contributed by atoms with E-state index in [9.17, 15) is 9.59 Å². The number of carboxylic acid groups (broad SMARTS) is 1. The van der Waals surface area contributed by atoms with Crippen LogP contribution in [0.4, 0.5) is 0 Å². The summed E-state index contributed by atoms with van der Waals surface area (Å²) in [5.74, 6) is -1.32. The first kappa shape index (κ1) is 14.2. The number of aromatic carboxylic acids is 1. The van der Waals surface area contributed by atoms with E-state index in [1.165, 1.54) is 23.9 Å². The second-order valence-corrected chi connectivity index (χ2v) is 4.53. The normalized spacial score (nSPS) is 14.8. The molecule has 2 heterocycles. The van der Waals surface area contributed by atoms with Crippen LogP contribution in [0, 0.1) is 0 Å². The van der Waals surface area contributed by atoms with Crippen molar-refractivity contribution in [2.24, 2.45) is 0 Å². The summed E-state index contributed by atoms with van der Waals surface area (Å²) < 4.78 is 5.06. The predicted octanol–water partition coefficient (Wildman–Crippen LogP) is 1.20. The first-order valence-corrected chi connectivity index (χ1v) is 6.27. The highest BCUT2D eigenvalue weighted by Gasteiger charge is 2.19. The lowest BCUT2D eigenvalue weighted by atomic mass is 10.1. The highest BCUT2D eigenvalue weighted by Crippen LogP contribution is 2.14. The van der Waals surface area contributed by atoms with Crippen molar-refractivity contribution in [3.63, 3.8) is 0 Å². The van der Waals surface area contributed by atoms with Crippen LogP contribution in [-0.4, -0.2) is 53.7 Å². The van der Waals surface area contributed by atoms with Crippen LogP contribution in [0.25, 0.3) is 0 Å². The molecule has 0 spiro atoms. The van der Waals surface area contributed by atoms with Crippen molar-refractivity contribution in [1.82, 2.24) is 9.88 Å². The van der Waals surface area contributed by atoms with Crippen molar-refractivity contribution in [3.05, 3.63) is 41.2 Å². The summed E-state index contributed by atoms with van der Waals surface area (Å²) in [5.41, 5.74) is 1.40. The van der Waals surface area contributed by atoms with E-state index in [2.05, 4.69) is 4.98 Å². The van der Waals surface area contributed by atoms with Gasteiger partial charge in [0.05, 0.1) is 6.61 Å². The van der Waals surface area contributed by atoms with Crippen LogP contribution in [0.15, 0.2) is 30.0 Å². The van der Waals surface area contributed by atoms with E-state index in [0.29, 0.717) is 25.3 Å². The van der Waals surface area contributed by atoms with E-state index in [-0.39, 0.29) is 11.6 Å². The number of methoxy groups -OCH3 is 1. The summed E-state index contributed by atoms with van der Waals surface area (Å²) in [6.07, 6.45) is 4.09. The van der Waals surface area contributed by atoms with Gasteiger partial charge in [0.2, 0.25) is 0 Å². The molecule has 6 heteroatoms. The Balaban J connectivity index is 2.09. The van der Waals surface area contributed by atoms with Crippen LogP contribution in [0.5, 0.6) is 0 Å². The van der Waals surface area contributed by atoms with Crippen molar-refractivity contribution in [2.75, 3.05) is 26.8 Å². The van der Waals surface area contributed by atoms with Gasteiger partial charge in [0.15, 0.2) is 0 Å². The minimum Gasteiger partial charge on any atom is -0.477 e. The number of nitrogens with zero attached hydrogens (tertiary/aromatic N) is 2. The average Bonchev–Trinajstić information content (AvgIpc) is 2.48. The number of hydrogen-bond donors (Lipinski definition) is 1. The molecule has 0 atom stereocenters. The highest BCUT2D eigenvalue weighted by molar-refractivity contribution is 5.96. The van der Waals surface area contributed by atoms with Crippen LogP contribution in [0.1, 0.15) is 27.3 Å². The Kier molecular flexibility index (Phi) is 4.47. The lowest BCUT2D eigenvalue weighted by Gasteiger charge is -2.26. The molecule has 0 fully saturated rings. The molecule has 1 aliphatic rings. The molecule has 1 aromatic heterocycles. The molecule has 1 N–H and O–H groups in total. The first-order valence-electron chi connectivity index (χ1n) is 6.27. The lowest BCUT2D eigenvalue weighted by molar-refractivity contribution is 0.0690. The number of carbonyl (C=O) groups excluding carboxylic acids is 1. The van der Waals surface area contributed by atoms with Crippen LogP contribution in [0.3, 0.4) is 0 Å². The van der Waals surface area contributed by atoms with E-state index in [4.69, 9.17) is 9.84 Å². The smallest absolute Gasteiger partial charge is 0.354 e. The summed E-state index contributed by atoms with van der Waals surface area (Å²) in [6, 6.07) is 2.84. The number of carboxylic acids is 1. The third-order valence-corrected chi connectivity index (χ3v) is 3.15. The number of aromatic nitrogens is 1. The lowest BCUT2D eigenvalue weighted by Crippen LogP contribution is -2.35. The van der Waals surface area contributed by atoms with E-state index >= 15 is 0 Å².